The third-order valence-corrected chi connectivity index (χ3v) is 4.46. The zero-order valence-corrected chi connectivity index (χ0v) is 18.4. The lowest BCUT2D eigenvalue weighted by Gasteiger charge is -2.20. The second kappa shape index (κ2) is 10.8. The summed E-state index contributed by atoms with van der Waals surface area (Å²) in [7, 11) is -3.32. The first-order valence-corrected chi connectivity index (χ1v) is 10.8. The molecule has 3 aromatic rings. The molecule has 3 aromatic carbocycles. The van der Waals surface area contributed by atoms with Crippen LogP contribution in [0.25, 0.3) is 0 Å². The number of anilines is 1. The first-order valence-electron chi connectivity index (χ1n) is 9.55. The molecule has 1 heterocycles. The molecule has 0 N–H and O–H groups in total. The van der Waals surface area contributed by atoms with Crippen molar-refractivity contribution >= 4 is 22.9 Å². The standard InChI is InChI=1S/C21H18N5O3.ClHO4/c1-29-20-13-11-18(12-14-20)25-15-24(17-5-3-2-4-6-17)22-21(23-25)16-7-9-19(10-8-16)26(27)28;2-1(3,4)5/h2-14H,15H2,1H3;(H,2,3,4,5)/q+1;/p-1. The van der Waals surface area contributed by atoms with E-state index in [-0.39, 0.29) is 5.69 Å². The SMILES string of the molecule is COc1ccc([N+]2=NC(c3ccc([N+](=O)[O-])cc3)=NN(c3ccccc3)C2)cc1.[O-][Cl+3]([O-])([O-])[O-]. The van der Waals surface area contributed by atoms with Crippen molar-refractivity contribution in [3.63, 3.8) is 0 Å². The molecule has 0 bridgehead atoms. The first-order chi connectivity index (χ1) is 16.1. The number of hydrazone groups is 1. The number of halogens is 1. The molecule has 0 aliphatic carbocycles. The number of amidine groups is 1. The topological polar surface area (TPSA) is 176 Å². The van der Waals surface area contributed by atoms with Gasteiger partial charge in [-0.3, -0.25) is 10.1 Å². The molecule has 4 rings (SSSR count). The van der Waals surface area contributed by atoms with Crippen molar-refractivity contribution in [1.82, 2.24) is 0 Å². The van der Waals surface area contributed by atoms with Crippen molar-refractivity contribution in [2.75, 3.05) is 18.8 Å². The second-order valence-corrected chi connectivity index (χ2v) is 7.44. The van der Waals surface area contributed by atoms with Crippen LogP contribution in [0.2, 0.25) is 0 Å². The number of hydrogen-bond donors (Lipinski definition) is 0. The van der Waals surface area contributed by atoms with E-state index in [9.17, 15) is 10.1 Å². The van der Waals surface area contributed by atoms with Crippen molar-refractivity contribution in [1.29, 1.82) is 0 Å². The molecule has 0 saturated carbocycles. The summed E-state index contributed by atoms with van der Waals surface area (Å²) in [6, 6.07) is 23.6. The van der Waals surface area contributed by atoms with Crippen molar-refractivity contribution in [2.24, 2.45) is 10.2 Å². The average Bonchev–Trinajstić information content (AvgIpc) is 2.83. The van der Waals surface area contributed by atoms with Crippen LogP contribution >= 0.6 is 0 Å². The van der Waals surface area contributed by atoms with E-state index < -0.39 is 15.2 Å². The van der Waals surface area contributed by atoms with Gasteiger partial charge >= 0.3 is 0 Å². The number of benzene rings is 3. The van der Waals surface area contributed by atoms with Crippen LogP contribution in [-0.2, 0) is 0 Å². The molecule has 12 nitrogen and oxygen atoms in total. The number of non-ortho nitro benzene ring substituents is 1. The van der Waals surface area contributed by atoms with E-state index in [2.05, 4.69) is 10.2 Å². The molecule has 13 heteroatoms. The zero-order valence-electron chi connectivity index (χ0n) is 17.7. The number of methoxy groups -OCH3 is 1. The third kappa shape index (κ3) is 7.03. The normalized spacial score (nSPS) is 13.3. The van der Waals surface area contributed by atoms with Crippen molar-refractivity contribution in [2.45, 2.75) is 0 Å². The zero-order chi connectivity index (χ0) is 24.7. The van der Waals surface area contributed by atoms with Crippen LogP contribution in [-0.4, -0.2) is 29.2 Å². The van der Waals surface area contributed by atoms with Crippen molar-refractivity contribution < 1.29 is 43.2 Å². The molecule has 176 valence electrons. The highest BCUT2D eigenvalue weighted by Crippen LogP contribution is 2.25. The highest BCUT2D eigenvalue weighted by atomic mass is 35.7. The molecule has 0 saturated heterocycles. The van der Waals surface area contributed by atoms with E-state index >= 15 is 0 Å². The maximum Gasteiger partial charge on any atom is 0.269 e. The Morgan fingerprint density at radius 1 is 0.941 bits per heavy atom. The summed E-state index contributed by atoms with van der Waals surface area (Å²) in [6.07, 6.45) is 0. The number of hydrogen-bond acceptors (Lipinski definition) is 10. The number of nitrogens with zero attached hydrogens (tertiary/aromatic N) is 5. The minimum atomic E-state index is -4.94. The molecular weight excluding hydrogens is 470 g/mol. The van der Waals surface area contributed by atoms with Crippen molar-refractivity contribution in [3.05, 3.63) is 94.5 Å². The summed E-state index contributed by atoms with van der Waals surface area (Å²) in [4.78, 5) is 10.5. The van der Waals surface area contributed by atoms with Gasteiger partial charge in [0.05, 0.1) is 17.7 Å². The molecule has 0 atom stereocenters. The van der Waals surface area contributed by atoms with E-state index in [0.717, 1.165) is 17.1 Å². The highest BCUT2D eigenvalue weighted by molar-refractivity contribution is 5.99. The Kier molecular flexibility index (Phi) is 7.83. The molecule has 0 fully saturated rings. The predicted molar refractivity (Wildman–Crippen MR) is 109 cm³/mol. The summed E-state index contributed by atoms with van der Waals surface area (Å²) in [5.41, 5.74) is 2.51. The summed E-state index contributed by atoms with van der Waals surface area (Å²) < 4.78 is 41.0. The van der Waals surface area contributed by atoms with E-state index in [0.29, 0.717) is 18.1 Å². The van der Waals surface area contributed by atoms with Gasteiger partial charge in [-0.25, -0.2) is 23.6 Å². The van der Waals surface area contributed by atoms with Gasteiger partial charge < -0.3 is 4.74 Å². The molecule has 0 aromatic heterocycles. The largest absolute Gasteiger partial charge is 0.497 e. The van der Waals surface area contributed by atoms with Crippen LogP contribution in [0.3, 0.4) is 0 Å². The van der Waals surface area contributed by atoms with Crippen LogP contribution in [0, 0.1) is 20.4 Å². The van der Waals surface area contributed by atoms with Crippen LogP contribution in [0.1, 0.15) is 5.56 Å². The Morgan fingerprint density at radius 2 is 1.53 bits per heavy atom. The summed E-state index contributed by atoms with van der Waals surface area (Å²) in [5, 5.41) is 22.1. The Bertz CT molecular complexity index is 1170. The Morgan fingerprint density at radius 3 is 2.06 bits per heavy atom. The second-order valence-electron chi connectivity index (χ2n) is 6.68. The van der Waals surface area contributed by atoms with E-state index in [1.54, 1.807) is 19.2 Å². The lowest BCUT2D eigenvalue weighted by Crippen LogP contribution is -2.68. The van der Waals surface area contributed by atoms with Gasteiger partial charge in [0.25, 0.3) is 12.4 Å². The van der Waals surface area contributed by atoms with Crippen molar-refractivity contribution in [3.8, 4) is 5.75 Å². The minimum Gasteiger partial charge on any atom is -0.497 e. The van der Waals surface area contributed by atoms with E-state index in [4.69, 9.17) is 23.4 Å². The Hall–Kier alpha value is -3.94. The first kappa shape index (κ1) is 24.7. The number of azo groups is 2. The maximum atomic E-state index is 10.9. The third-order valence-electron chi connectivity index (χ3n) is 4.46. The molecular formula is C21H18ClN5O7. The number of nitro groups is 1. The fraction of sp³-hybridized carbons (Fsp3) is 0.0952. The summed E-state index contributed by atoms with van der Waals surface area (Å²) in [5.74, 6) is 1.22. The Balaban J connectivity index is 0.000000588. The minimum absolute atomic E-state index is 0.0251. The van der Waals surface area contributed by atoms with Gasteiger partial charge in [0.1, 0.15) is 5.75 Å². The van der Waals surface area contributed by atoms with Gasteiger partial charge in [0.2, 0.25) is 11.5 Å². The average molecular weight is 488 g/mol. The molecule has 0 amide bonds. The molecule has 1 aliphatic heterocycles. The van der Waals surface area contributed by atoms with Crippen LogP contribution in [0.4, 0.5) is 17.1 Å². The van der Waals surface area contributed by atoms with Crippen LogP contribution < -0.4 is 28.4 Å². The van der Waals surface area contributed by atoms with Gasteiger partial charge in [0, 0.05) is 34.9 Å². The van der Waals surface area contributed by atoms with E-state index in [1.807, 2.05) is 64.3 Å². The van der Waals surface area contributed by atoms with Crippen LogP contribution in [0.15, 0.2) is 89.1 Å². The molecule has 0 unspecified atom stereocenters. The Labute approximate surface area is 195 Å². The number of rotatable bonds is 5. The molecule has 0 radical (unpaired) electrons. The number of nitro benzene ring substituents is 1. The van der Waals surface area contributed by atoms with Gasteiger partial charge in [-0.15, -0.1) is 15.3 Å². The van der Waals surface area contributed by atoms with Gasteiger partial charge in [-0.2, -0.15) is 0 Å². The lowest BCUT2D eigenvalue weighted by molar-refractivity contribution is -2.00. The monoisotopic (exact) mass is 487 g/mol. The summed E-state index contributed by atoms with van der Waals surface area (Å²) >= 11 is 0. The number of para-hydroxylation sites is 1. The fourth-order valence-electron chi connectivity index (χ4n) is 2.92. The van der Waals surface area contributed by atoms with Gasteiger partial charge in [-0.1, -0.05) is 22.9 Å². The highest BCUT2D eigenvalue weighted by Gasteiger charge is 2.26. The van der Waals surface area contributed by atoms with Gasteiger partial charge in [-0.05, 0) is 36.4 Å². The number of ether oxygens (including phenoxy) is 1. The fourth-order valence-corrected chi connectivity index (χ4v) is 2.92. The van der Waals surface area contributed by atoms with Gasteiger partial charge in [0.15, 0.2) is 0 Å². The smallest absolute Gasteiger partial charge is 0.269 e. The summed E-state index contributed by atoms with van der Waals surface area (Å²) in [6.45, 7) is 0.423. The van der Waals surface area contributed by atoms with E-state index in [1.165, 1.54) is 12.1 Å². The van der Waals surface area contributed by atoms with Crippen LogP contribution in [0.5, 0.6) is 5.75 Å². The predicted octanol–water partition coefficient (Wildman–Crippen LogP) is -0.217. The molecule has 34 heavy (non-hydrogen) atoms. The molecule has 1 aliphatic rings. The lowest BCUT2D eigenvalue weighted by atomic mass is 10.2. The quantitative estimate of drug-likeness (QED) is 0.269. The maximum absolute atomic E-state index is 10.9. The molecule has 0 spiro atoms.